The van der Waals surface area contributed by atoms with Crippen molar-refractivity contribution in [2.45, 2.75) is 26.3 Å². The molecule has 2 aromatic carbocycles. The minimum absolute atomic E-state index is 0.0157. The topological polar surface area (TPSA) is 93.1 Å². The van der Waals surface area contributed by atoms with Gasteiger partial charge < -0.3 is 14.8 Å². The molecule has 1 aromatic heterocycles. The maximum atomic E-state index is 12.9. The predicted molar refractivity (Wildman–Crippen MR) is 134 cm³/mol. The average Bonchev–Trinajstić information content (AvgIpc) is 2.89. The molecule has 8 nitrogen and oxygen atoms in total. The summed E-state index contributed by atoms with van der Waals surface area (Å²) in [6.45, 7) is 2.35. The summed E-state index contributed by atoms with van der Waals surface area (Å²) in [5, 5.41) is 9.14. The molecule has 3 aromatic rings. The zero-order valence-corrected chi connectivity index (χ0v) is 20.0. The third-order valence-corrected chi connectivity index (χ3v) is 5.94. The van der Waals surface area contributed by atoms with Crippen LogP contribution in [0, 0.1) is 5.92 Å². The fraction of sp³-hybridized carbons (Fsp3) is 0.259. The number of amides is 2. The Morgan fingerprint density at radius 2 is 1.91 bits per heavy atom. The second-order valence-electron chi connectivity index (χ2n) is 8.21. The van der Waals surface area contributed by atoms with Gasteiger partial charge in [-0.25, -0.2) is 5.01 Å². The van der Waals surface area contributed by atoms with Crippen LogP contribution in [-0.4, -0.2) is 41.7 Å². The summed E-state index contributed by atoms with van der Waals surface area (Å²) in [6, 6.07) is 16.5. The number of carbonyl (C=O) groups is 2. The minimum Gasteiger partial charge on any atom is -0.493 e. The van der Waals surface area contributed by atoms with Gasteiger partial charge >= 0.3 is 0 Å². The molecule has 8 heteroatoms. The fourth-order valence-electron chi connectivity index (χ4n) is 4.05. The largest absolute Gasteiger partial charge is 0.493 e. The quantitative estimate of drug-likeness (QED) is 0.521. The molecule has 2 heterocycles. The number of hydrogen-bond donors (Lipinski definition) is 1. The first-order valence-corrected chi connectivity index (χ1v) is 11.4. The number of anilines is 1. The Kier molecular flexibility index (Phi) is 7.40. The molecule has 2 amide bonds. The number of aromatic nitrogens is 1. The van der Waals surface area contributed by atoms with Gasteiger partial charge in [0.2, 0.25) is 5.91 Å². The molecule has 4 rings (SSSR count). The van der Waals surface area contributed by atoms with E-state index >= 15 is 0 Å². The molecule has 1 aliphatic heterocycles. The van der Waals surface area contributed by atoms with Crippen molar-refractivity contribution in [2.75, 3.05) is 19.5 Å². The lowest BCUT2D eigenvalue weighted by molar-refractivity contribution is -0.133. The van der Waals surface area contributed by atoms with Gasteiger partial charge in [0.05, 0.1) is 32.0 Å². The Balaban J connectivity index is 1.57. The van der Waals surface area contributed by atoms with Crippen LogP contribution in [0.15, 0.2) is 72.1 Å². The van der Waals surface area contributed by atoms with Crippen LogP contribution in [0.5, 0.6) is 11.5 Å². The van der Waals surface area contributed by atoms with Crippen LogP contribution < -0.4 is 14.8 Å². The van der Waals surface area contributed by atoms with Gasteiger partial charge in [0.25, 0.3) is 5.91 Å². The number of ether oxygens (including phenoxy) is 2. The summed E-state index contributed by atoms with van der Waals surface area (Å²) in [6.07, 6.45) is 4.30. The van der Waals surface area contributed by atoms with Gasteiger partial charge in [-0.05, 0) is 54.4 Å². The lowest BCUT2D eigenvalue weighted by Gasteiger charge is -2.29. The summed E-state index contributed by atoms with van der Waals surface area (Å²) in [7, 11) is 3.19. The number of nitrogens with one attached hydrogen (secondary N) is 1. The standard InChI is InChI=1S/C27H28N4O4/c1-4-19-15-25(32)31(30-26(19)20-10-11-23(34-2)24(14-20)35-3)17-18-7-5-9-22(13-18)29-27(33)21-8-6-12-28-16-21/h5-14,16,19H,4,15,17H2,1-3H3,(H,29,33). The Morgan fingerprint density at radius 3 is 2.63 bits per heavy atom. The number of hydrazone groups is 1. The van der Waals surface area contributed by atoms with Crippen molar-refractivity contribution >= 4 is 23.2 Å². The van der Waals surface area contributed by atoms with E-state index in [4.69, 9.17) is 14.6 Å². The summed E-state index contributed by atoms with van der Waals surface area (Å²) in [5.74, 6) is 0.985. The molecule has 0 spiro atoms. The van der Waals surface area contributed by atoms with E-state index in [1.165, 1.54) is 11.2 Å². The number of carbonyl (C=O) groups excluding carboxylic acids is 2. The maximum Gasteiger partial charge on any atom is 0.257 e. The zero-order valence-electron chi connectivity index (χ0n) is 20.0. The zero-order chi connectivity index (χ0) is 24.8. The van der Waals surface area contributed by atoms with Gasteiger partial charge in [0.1, 0.15) is 0 Å². The van der Waals surface area contributed by atoms with E-state index in [9.17, 15) is 9.59 Å². The first-order chi connectivity index (χ1) is 17.0. The smallest absolute Gasteiger partial charge is 0.257 e. The van der Waals surface area contributed by atoms with Crippen molar-refractivity contribution < 1.29 is 19.1 Å². The van der Waals surface area contributed by atoms with Crippen LogP contribution in [0.2, 0.25) is 0 Å². The molecular weight excluding hydrogens is 444 g/mol. The van der Waals surface area contributed by atoms with E-state index in [0.717, 1.165) is 23.3 Å². The predicted octanol–water partition coefficient (Wildman–Crippen LogP) is 4.51. The highest BCUT2D eigenvalue weighted by molar-refractivity contribution is 6.06. The first-order valence-electron chi connectivity index (χ1n) is 11.4. The Labute approximate surface area is 204 Å². The molecule has 35 heavy (non-hydrogen) atoms. The number of benzene rings is 2. The van der Waals surface area contributed by atoms with Crippen molar-refractivity contribution in [3.05, 3.63) is 83.7 Å². The van der Waals surface area contributed by atoms with Gasteiger partial charge in [-0.15, -0.1) is 0 Å². The van der Waals surface area contributed by atoms with Crippen molar-refractivity contribution in [3.8, 4) is 11.5 Å². The molecular formula is C27H28N4O4. The molecule has 0 radical (unpaired) electrons. The maximum absolute atomic E-state index is 12.9. The summed E-state index contributed by atoms with van der Waals surface area (Å²) >= 11 is 0. The molecule has 0 bridgehead atoms. The Hall–Kier alpha value is -4.20. The average molecular weight is 473 g/mol. The summed E-state index contributed by atoms with van der Waals surface area (Å²) < 4.78 is 10.8. The van der Waals surface area contributed by atoms with Crippen LogP contribution in [-0.2, 0) is 11.3 Å². The normalized spacial score (nSPS) is 15.4. The van der Waals surface area contributed by atoms with Crippen LogP contribution >= 0.6 is 0 Å². The number of rotatable bonds is 8. The van der Waals surface area contributed by atoms with E-state index in [1.54, 1.807) is 38.6 Å². The minimum atomic E-state index is -0.246. The van der Waals surface area contributed by atoms with Crippen LogP contribution in [0.4, 0.5) is 5.69 Å². The van der Waals surface area contributed by atoms with E-state index in [2.05, 4.69) is 17.2 Å². The van der Waals surface area contributed by atoms with Gasteiger partial charge in [-0.1, -0.05) is 19.1 Å². The van der Waals surface area contributed by atoms with E-state index in [0.29, 0.717) is 35.7 Å². The molecule has 0 fully saturated rings. The SMILES string of the molecule is CCC1CC(=O)N(Cc2cccc(NC(=O)c3cccnc3)c2)N=C1c1ccc(OC)c(OC)c1. The van der Waals surface area contributed by atoms with Gasteiger partial charge in [-0.2, -0.15) is 5.10 Å². The van der Waals surface area contributed by atoms with E-state index < -0.39 is 0 Å². The van der Waals surface area contributed by atoms with Gasteiger partial charge in [-0.3, -0.25) is 14.6 Å². The lowest BCUT2D eigenvalue weighted by atomic mass is 9.89. The van der Waals surface area contributed by atoms with Crippen LogP contribution in [0.1, 0.15) is 41.3 Å². The molecule has 0 aliphatic carbocycles. The second-order valence-corrected chi connectivity index (χ2v) is 8.21. The number of nitrogens with zero attached hydrogens (tertiary/aromatic N) is 3. The summed E-state index contributed by atoms with van der Waals surface area (Å²) in [5.41, 5.74) is 3.70. The van der Waals surface area contributed by atoms with Gasteiger partial charge in [0.15, 0.2) is 11.5 Å². The number of hydrogen-bond acceptors (Lipinski definition) is 6. The summed E-state index contributed by atoms with van der Waals surface area (Å²) in [4.78, 5) is 29.4. The number of methoxy groups -OCH3 is 2. The molecule has 0 saturated heterocycles. The van der Waals surface area contributed by atoms with E-state index in [-0.39, 0.29) is 17.7 Å². The highest BCUT2D eigenvalue weighted by atomic mass is 16.5. The molecule has 1 atom stereocenters. The molecule has 1 aliphatic rings. The van der Waals surface area contributed by atoms with Crippen molar-refractivity contribution in [1.29, 1.82) is 0 Å². The third kappa shape index (κ3) is 5.48. The van der Waals surface area contributed by atoms with Crippen molar-refractivity contribution in [1.82, 2.24) is 9.99 Å². The molecule has 180 valence electrons. The molecule has 0 saturated carbocycles. The molecule has 1 N–H and O–H groups in total. The highest BCUT2D eigenvalue weighted by Crippen LogP contribution is 2.31. The first kappa shape index (κ1) is 23.9. The van der Waals surface area contributed by atoms with Crippen molar-refractivity contribution in [3.63, 3.8) is 0 Å². The van der Waals surface area contributed by atoms with E-state index in [1.807, 2.05) is 36.4 Å². The third-order valence-electron chi connectivity index (χ3n) is 5.94. The fourth-order valence-corrected chi connectivity index (χ4v) is 4.05. The second kappa shape index (κ2) is 10.8. The molecule has 1 unspecified atom stereocenters. The van der Waals surface area contributed by atoms with Gasteiger partial charge in [0, 0.05) is 36.0 Å². The Bertz CT molecular complexity index is 1240. The van der Waals surface area contributed by atoms with Crippen molar-refractivity contribution in [2.24, 2.45) is 11.0 Å². The monoisotopic (exact) mass is 472 g/mol. The van der Waals surface area contributed by atoms with Crippen LogP contribution in [0.3, 0.4) is 0 Å². The van der Waals surface area contributed by atoms with Crippen LogP contribution in [0.25, 0.3) is 0 Å². The lowest BCUT2D eigenvalue weighted by Crippen LogP contribution is -2.36. The Morgan fingerprint density at radius 1 is 1.09 bits per heavy atom. The number of pyridine rings is 1. The highest BCUT2D eigenvalue weighted by Gasteiger charge is 2.29.